The largest absolute Gasteiger partial charge is 0.505 e. The maximum absolute atomic E-state index is 14.4. The molecule has 2 aliphatic heterocycles. The highest BCUT2D eigenvalue weighted by Crippen LogP contribution is 2.25. The lowest BCUT2D eigenvalue weighted by atomic mass is 9.84. The number of esters is 1. The Bertz CT molecular complexity index is 1650. The van der Waals surface area contributed by atoms with Gasteiger partial charge in [-0.05, 0) is 68.4 Å². The van der Waals surface area contributed by atoms with Gasteiger partial charge in [-0.15, -0.1) is 23.3 Å². The summed E-state index contributed by atoms with van der Waals surface area (Å²) in [6, 6.07) is -2.19. The van der Waals surface area contributed by atoms with Crippen LogP contribution in [0.3, 0.4) is 0 Å². The summed E-state index contributed by atoms with van der Waals surface area (Å²) >= 11 is 6.44. The van der Waals surface area contributed by atoms with Crippen LogP contribution in [0.15, 0.2) is 48.1 Å². The Kier molecular flexibility index (Phi) is 20.6. The Balaban J connectivity index is 0.00000551. The molecule has 2 heterocycles. The van der Waals surface area contributed by atoms with E-state index in [-0.39, 0.29) is 43.6 Å². The van der Waals surface area contributed by atoms with Gasteiger partial charge in [0.15, 0.2) is 17.4 Å². The van der Waals surface area contributed by atoms with Crippen LogP contribution in [0.4, 0.5) is 8.78 Å². The average Bonchev–Trinajstić information content (AvgIpc) is 3.17. The molecule has 8 atom stereocenters. The molecule has 57 heavy (non-hydrogen) atoms. The lowest BCUT2D eigenvalue weighted by Crippen LogP contribution is -2.62. The molecule has 1 aromatic rings. The molecule has 3 amide bonds. The number of amides is 3. The van der Waals surface area contributed by atoms with Gasteiger partial charge in [0.2, 0.25) is 11.8 Å². The zero-order valence-electron chi connectivity index (χ0n) is 32.6. The number of benzene rings is 1. The number of allylic oxidation sites excluding steroid dienone is 3. The summed E-state index contributed by atoms with van der Waals surface area (Å²) in [6.07, 6.45) is 4.32. The van der Waals surface area contributed by atoms with Crippen molar-refractivity contribution in [2.24, 2.45) is 17.8 Å². The number of Topliss-reactive ketones (excluding diaryl/α,β-unsaturated/α-hetero) is 1. The van der Waals surface area contributed by atoms with Crippen LogP contribution in [0.2, 0.25) is 0 Å². The molecule has 0 aromatic heterocycles. The van der Waals surface area contributed by atoms with E-state index < -0.39 is 102 Å². The molecule has 6 unspecified atom stereocenters. The summed E-state index contributed by atoms with van der Waals surface area (Å²) in [7, 11) is 0. The van der Waals surface area contributed by atoms with E-state index in [9.17, 15) is 52.9 Å². The van der Waals surface area contributed by atoms with E-state index in [1.54, 1.807) is 32.9 Å². The van der Waals surface area contributed by atoms with Gasteiger partial charge in [0.25, 0.3) is 5.91 Å². The Morgan fingerprint density at radius 1 is 1.07 bits per heavy atom. The van der Waals surface area contributed by atoms with Crippen molar-refractivity contribution in [1.29, 1.82) is 0 Å². The number of aliphatic hydroxyl groups is 2. The van der Waals surface area contributed by atoms with Gasteiger partial charge in [-0.1, -0.05) is 45.1 Å². The van der Waals surface area contributed by atoms with Crippen molar-refractivity contribution in [3.63, 3.8) is 0 Å². The number of aromatic hydroxyl groups is 1. The fourth-order valence-corrected chi connectivity index (χ4v) is 6.32. The van der Waals surface area contributed by atoms with E-state index in [0.29, 0.717) is 18.3 Å². The minimum Gasteiger partial charge on any atom is -0.505 e. The lowest BCUT2D eigenvalue weighted by Gasteiger charge is -2.36. The Labute approximate surface area is 341 Å². The van der Waals surface area contributed by atoms with Crippen molar-refractivity contribution in [2.75, 3.05) is 6.54 Å². The molecule has 1 fully saturated rings. The monoisotopic (exact) mass is 840 g/mol. The van der Waals surface area contributed by atoms with Crippen molar-refractivity contribution in [3.05, 3.63) is 65.3 Å². The summed E-state index contributed by atoms with van der Waals surface area (Å²) in [6.45, 7) is 7.74. The van der Waals surface area contributed by atoms with Crippen molar-refractivity contribution in [3.8, 4) is 5.75 Å². The van der Waals surface area contributed by atoms with Gasteiger partial charge < -0.3 is 35.5 Å². The highest BCUT2D eigenvalue weighted by Gasteiger charge is 2.38. The van der Waals surface area contributed by atoms with Gasteiger partial charge in [0.1, 0.15) is 36.3 Å². The van der Waals surface area contributed by atoms with Crippen LogP contribution < -0.4 is 16.1 Å². The second-order valence-corrected chi connectivity index (χ2v) is 14.4. The second kappa shape index (κ2) is 24.0. The van der Waals surface area contributed by atoms with E-state index in [0.717, 1.165) is 17.1 Å². The predicted octanol–water partition coefficient (Wildman–Crippen LogP) is 3.01. The van der Waals surface area contributed by atoms with Crippen LogP contribution in [-0.2, 0) is 39.9 Å². The molecule has 1 aromatic carbocycles. The summed E-state index contributed by atoms with van der Waals surface area (Å²) in [5.74, 6) is -10.1. The van der Waals surface area contributed by atoms with Crippen LogP contribution in [0.1, 0.15) is 72.3 Å². The Morgan fingerprint density at radius 2 is 1.75 bits per heavy atom. The van der Waals surface area contributed by atoms with E-state index in [2.05, 4.69) is 39.4 Å². The number of aliphatic hydroxyl groups excluding tert-OH is 2. The molecule has 0 aliphatic carbocycles. The van der Waals surface area contributed by atoms with Crippen molar-refractivity contribution >= 4 is 59.1 Å². The number of rotatable bonds is 8. The molecule has 0 saturated carbocycles. The molecule has 1 saturated heterocycles. The molecule has 0 radical (unpaired) electrons. The number of phenolic OH excluding ortho intramolecular Hbond substituents is 1. The fraction of sp³-hybridized carbons (Fsp3) is 0.538. The molecule has 6 N–H and O–H groups in total. The number of hydrogen-bond acceptors (Lipinski definition) is 13. The zero-order valence-corrected chi connectivity index (χ0v) is 34.4. The van der Waals surface area contributed by atoms with Gasteiger partial charge in [-0.2, -0.15) is 4.39 Å². The van der Waals surface area contributed by atoms with Gasteiger partial charge in [0, 0.05) is 31.7 Å². The highest BCUT2D eigenvalue weighted by molar-refractivity contribution is 8.59. The molecule has 316 valence electrons. The normalized spacial score (nSPS) is 28.4. The second-order valence-electron chi connectivity index (χ2n) is 14.4. The van der Waals surface area contributed by atoms with Gasteiger partial charge in [0.05, 0.1) is 18.1 Å². The van der Waals surface area contributed by atoms with E-state index in [4.69, 9.17) is 4.74 Å². The first kappa shape index (κ1) is 49.0. The topological polar surface area (TPSA) is 212 Å². The third kappa shape index (κ3) is 14.7. The van der Waals surface area contributed by atoms with Crippen molar-refractivity contribution in [2.45, 2.75) is 110 Å². The number of hydrogen-bond donors (Lipinski definition) is 8. The molecule has 14 nitrogen and oxygen atoms in total. The quantitative estimate of drug-likeness (QED) is 0.0627. The number of fused-ring (bicyclic) bond motifs is 2. The smallest absolute Gasteiger partial charge is 0.325 e. The first-order valence-electron chi connectivity index (χ1n) is 18.5. The number of hydrazine groups is 1. The molecular weight excluding hydrogens is 787 g/mol. The molecule has 2 aliphatic rings. The minimum atomic E-state index is -1.51. The predicted molar refractivity (Wildman–Crippen MR) is 213 cm³/mol. The molecule has 0 spiro atoms. The summed E-state index contributed by atoms with van der Waals surface area (Å²) < 4.78 is 34.1. The number of carbonyl (C=O) groups excluding carboxylic acids is 6. The van der Waals surface area contributed by atoms with Gasteiger partial charge in [-0.3, -0.25) is 29.0 Å². The van der Waals surface area contributed by atoms with Crippen LogP contribution in [0, 0.1) is 29.4 Å². The average molecular weight is 841 g/mol. The number of aldehydes is 1. The standard InChI is InChI=1S/C39H52F2N4O10.H2S2/c1-21(2)34-37(52)42-29(19-25-18-27(40)33(41)31(49)20-25)38(53)45-16-9-10-28(44-45)39(54)55-32(22(3)15-17-46)12-8-6-7-11-30(48)24(5)35(50)26(36(51)43-34)14-13-23(4)47;1-2/h6-8,11,15,17-18,20-21,24,26,28-30,32,34-35,44,48-50H,9-10,12-14,16,19H2,1-5H3,(H,42,52)(H,43,51);1-2H/b8-6+,11-7+,22-15+;/t24?,26?,28?,29?,30-,32-,34?,35?;/m0./s1. The number of carbonyl (C=O) groups is 6. The number of nitrogens with one attached hydrogen (secondary N) is 3. The van der Waals surface area contributed by atoms with Crippen molar-refractivity contribution in [1.82, 2.24) is 21.1 Å². The number of halogens is 2. The number of cyclic esters (lactones) is 1. The highest BCUT2D eigenvalue weighted by atomic mass is 33.1. The lowest BCUT2D eigenvalue weighted by molar-refractivity contribution is -0.156. The third-order valence-electron chi connectivity index (χ3n) is 9.74. The third-order valence-corrected chi connectivity index (χ3v) is 9.74. The van der Waals surface area contributed by atoms with Gasteiger partial charge in [-0.25, -0.2) is 9.82 Å². The number of nitrogens with zero attached hydrogens (tertiary/aromatic N) is 1. The number of ketones is 1. The maximum atomic E-state index is 14.4. The minimum absolute atomic E-state index is 0.0584. The van der Waals surface area contributed by atoms with E-state index >= 15 is 0 Å². The number of thiol groups is 2. The van der Waals surface area contributed by atoms with Gasteiger partial charge >= 0.3 is 5.97 Å². The first-order chi connectivity index (χ1) is 26.9. The Morgan fingerprint density at radius 3 is 2.37 bits per heavy atom. The summed E-state index contributed by atoms with van der Waals surface area (Å²) in [4.78, 5) is 78.5. The molecule has 18 heteroatoms. The summed E-state index contributed by atoms with van der Waals surface area (Å²) in [5.41, 5.74) is 3.20. The number of ether oxygens (including phenoxy) is 1. The maximum Gasteiger partial charge on any atom is 0.325 e. The SMILES string of the molecule is CC(=O)CCC1C(=O)NC(C(C)C)C(=O)NC(Cc2cc(O)c(F)c(F)c2)C(=O)N2CCCC(N2)C(=O)O[C@H](/C(C)=C/C=O)C/C=C/C=C/[C@H](O)C(C)C1O.SS. The van der Waals surface area contributed by atoms with Crippen LogP contribution in [0.5, 0.6) is 5.75 Å². The molecule has 2 bridgehead atoms. The molecular formula is C39H54F2N4O10S2. The molecule has 3 rings (SSSR count). The van der Waals surface area contributed by atoms with E-state index in [1.165, 1.54) is 32.1 Å². The van der Waals surface area contributed by atoms with E-state index in [1.807, 2.05) is 0 Å². The number of phenols is 1. The summed E-state index contributed by atoms with van der Waals surface area (Å²) in [5, 5.41) is 38.6. The van der Waals surface area contributed by atoms with Crippen molar-refractivity contribution < 1.29 is 57.6 Å². The fourth-order valence-electron chi connectivity index (χ4n) is 6.32. The Hall–Kier alpha value is -4.10. The zero-order chi connectivity index (χ0) is 43.0. The van der Waals surface area contributed by atoms with Crippen LogP contribution in [0.25, 0.3) is 0 Å². The van der Waals surface area contributed by atoms with Crippen LogP contribution >= 0.6 is 23.3 Å². The first-order valence-corrected chi connectivity index (χ1v) is 20.1. The van der Waals surface area contributed by atoms with Crippen LogP contribution in [-0.4, -0.2) is 99.1 Å².